The number of carbonyl (C=O) groups is 1. The molecule has 1 unspecified atom stereocenters. The van der Waals surface area contributed by atoms with E-state index in [1.807, 2.05) is 84.9 Å². The lowest BCUT2D eigenvalue weighted by molar-refractivity contribution is 0.0698. The van der Waals surface area contributed by atoms with Gasteiger partial charge in [0.05, 0.1) is 25.1 Å². The summed E-state index contributed by atoms with van der Waals surface area (Å²) < 4.78 is 5.64. The zero-order chi connectivity index (χ0) is 28.3. The number of ether oxygens (including phenoxy) is 1. The molecule has 1 fully saturated rings. The van der Waals surface area contributed by atoms with Gasteiger partial charge in [0.15, 0.2) is 0 Å². The molecule has 1 aromatic heterocycles. The summed E-state index contributed by atoms with van der Waals surface area (Å²) in [5.74, 6) is 1.25. The largest absolute Gasteiger partial charge is 0.496 e. The van der Waals surface area contributed by atoms with Gasteiger partial charge < -0.3 is 20.3 Å². The number of nitrogens with zero attached hydrogens (tertiary/aromatic N) is 4. The van der Waals surface area contributed by atoms with E-state index in [1.165, 1.54) is 0 Å². The standard InChI is InChI=1S/C32H31ClN6O2.CH4/c1-34-24-6-5-15-39(19-24)31(40)20-9-12-23(13-10-20)37-32-36-18-21-17-35-30(26-7-3-4-8-28(26)41-2)27-16-22(33)11-14-25(27)29(21)38-32;/h3-4,7-14,16,18,24,34H,5-6,15,17,19H2,1-2H3,(H,36,37,38);1H4. The maximum atomic E-state index is 13.1. The van der Waals surface area contributed by atoms with Crippen LogP contribution in [0.2, 0.25) is 5.02 Å². The van der Waals surface area contributed by atoms with Gasteiger partial charge in [-0.1, -0.05) is 37.2 Å². The number of aromatic nitrogens is 2. The van der Waals surface area contributed by atoms with Crippen LogP contribution in [0.4, 0.5) is 11.6 Å². The van der Waals surface area contributed by atoms with Gasteiger partial charge in [-0.05, 0) is 68.4 Å². The third kappa shape index (κ3) is 5.86. The van der Waals surface area contributed by atoms with Crippen LogP contribution < -0.4 is 15.4 Å². The molecule has 0 radical (unpaired) electrons. The number of amides is 1. The molecule has 42 heavy (non-hydrogen) atoms. The molecular weight excluding hydrogens is 548 g/mol. The number of halogens is 1. The summed E-state index contributed by atoms with van der Waals surface area (Å²) in [6, 6.07) is 21.4. The van der Waals surface area contributed by atoms with E-state index in [-0.39, 0.29) is 13.3 Å². The number of hydrogen-bond acceptors (Lipinski definition) is 7. The first-order valence-corrected chi connectivity index (χ1v) is 14.1. The molecule has 0 spiro atoms. The van der Waals surface area contributed by atoms with E-state index in [0.717, 1.165) is 71.0 Å². The summed E-state index contributed by atoms with van der Waals surface area (Å²) >= 11 is 6.46. The Balaban J connectivity index is 0.00000353. The van der Waals surface area contributed by atoms with E-state index in [1.54, 1.807) is 7.11 Å². The molecule has 0 bridgehead atoms. The number of rotatable bonds is 6. The highest BCUT2D eigenvalue weighted by atomic mass is 35.5. The molecule has 2 aliphatic rings. The van der Waals surface area contributed by atoms with Crippen LogP contribution >= 0.6 is 11.6 Å². The van der Waals surface area contributed by atoms with Crippen molar-refractivity contribution in [2.24, 2.45) is 4.99 Å². The van der Waals surface area contributed by atoms with E-state index in [4.69, 9.17) is 26.3 Å². The lowest BCUT2D eigenvalue weighted by atomic mass is 9.95. The number of piperidine rings is 1. The Labute approximate surface area is 251 Å². The van der Waals surface area contributed by atoms with E-state index in [9.17, 15) is 4.79 Å². The summed E-state index contributed by atoms with van der Waals surface area (Å²) in [4.78, 5) is 29.4. The number of benzene rings is 3. The average Bonchev–Trinajstić information content (AvgIpc) is 3.17. The lowest BCUT2D eigenvalue weighted by Crippen LogP contribution is -2.46. The van der Waals surface area contributed by atoms with Gasteiger partial charge in [0, 0.05) is 63.9 Å². The highest BCUT2D eigenvalue weighted by Crippen LogP contribution is 2.35. The number of carbonyl (C=O) groups excluding carboxylic acids is 1. The van der Waals surface area contributed by atoms with Crippen LogP contribution in [-0.2, 0) is 6.54 Å². The SMILES string of the molecule is C.CNC1CCCN(C(=O)c2ccc(Nc3ncc4c(n3)-c3ccc(Cl)cc3C(c3ccccc3OC)=NC4)cc2)C1. The van der Waals surface area contributed by atoms with E-state index < -0.39 is 0 Å². The van der Waals surface area contributed by atoms with Gasteiger partial charge in [0.25, 0.3) is 5.91 Å². The van der Waals surface area contributed by atoms with Crippen LogP contribution in [0.25, 0.3) is 11.3 Å². The van der Waals surface area contributed by atoms with Crippen molar-refractivity contribution in [2.75, 3.05) is 32.6 Å². The number of fused-ring (bicyclic) bond motifs is 3. The van der Waals surface area contributed by atoms with E-state index in [2.05, 4.69) is 15.6 Å². The van der Waals surface area contributed by atoms with Crippen LogP contribution in [0.15, 0.2) is 77.9 Å². The van der Waals surface area contributed by atoms with Crippen LogP contribution in [0.3, 0.4) is 0 Å². The molecule has 9 heteroatoms. The average molecular weight is 583 g/mol. The number of hydrogen-bond donors (Lipinski definition) is 2. The van der Waals surface area contributed by atoms with Gasteiger partial charge in [-0.15, -0.1) is 0 Å². The summed E-state index contributed by atoms with van der Waals surface area (Å²) in [5.41, 5.74) is 6.64. The van der Waals surface area contributed by atoms with Crippen LogP contribution in [0, 0.1) is 0 Å². The monoisotopic (exact) mass is 582 g/mol. The molecule has 216 valence electrons. The number of nitrogens with one attached hydrogen (secondary N) is 2. The number of likely N-dealkylation sites (N-methyl/N-ethyl adjacent to an activating group) is 1. The molecule has 1 atom stereocenters. The molecule has 2 N–H and O–H groups in total. The normalized spacial score (nSPS) is 15.8. The van der Waals surface area contributed by atoms with Gasteiger partial charge in [-0.3, -0.25) is 9.79 Å². The zero-order valence-corrected chi connectivity index (χ0v) is 23.8. The number of para-hydroxylation sites is 1. The fraction of sp³-hybridized carbons (Fsp3) is 0.273. The quantitative estimate of drug-likeness (QED) is 0.275. The van der Waals surface area contributed by atoms with Gasteiger partial charge in [-0.25, -0.2) is 9.97 Å². The van der Waals surface area contributed by atoms with Crippen LogP contribution in [-0.4, -0.2) is 59.8 Å². The Morgan fingerprint density at radius 2 is 1.86 bits per heavy atom. The molecule has 3 heterocycles. The Kier molecular flexibility index (Phi) is 8.85. The third-order valence-corrected chi connectivity index (χ3v) is 7.87. The van der Waals surface area contributed by atoms with Crippen molar-refractivity contribution >= 4 is 34.9 Å². The van der Waals surface area contributed by atoms with Crippen molar-refractivity contribution in [1.82, 2.24) is 20.2 Å². The molecule has 4 aromatic rings. The highest BCUT2D eigenvalue weighted by molar-refractivity contribution is 6.31. The molecule has 0 saturated carbocycles. The number of methoxy groups -OCH3 is 1. The second-order valence-electron chi connectivity index (χ2n) is 10.2. The minimum Gasteiger partial charge on any atom is -0.496 e. The fourth-order valence-corrected chi connectivity index (χ4v) is 5.63. The molecule has 3 aromatic carbocycles. The Morgan fingerprint density at radius 3 is 2.64 bits per heavy atom. The summed E-state index contributed by atoms with van der Waals surface area (Å²) in [6.45, 7) is 1.93. The van der Waals surface area contributed by atoms with Gasteiger partial charge in [-0.2, -0.15) is 0 Å². The summed E-state index contributed by atoms with van der Waals surface area (Å²) in [5, 5.41) is 7.20. The Morgan fingerprint density at radius 1 is 1.05 bits per heavy atom. The summed E-state index contributed by atoms with van der Waals surface area (Å²) in [6.07, 6.45) is 3.91. The summed E-state index contributed by atoms with van der Waals surface area (Å²) in [7, 11) is 3.60. The first-order chi connectivity index (χ1) is 20.0. The van der Waals surface area contributed by atoms with Crippen molar-refractivity contribution in [2.45, 2.75) is 32.9 Å². The first-order valence-electron chi connectivity index (χ1n) is 13.7. The first kappa shape index (κ1) is 29.2. The molecule has 0 aliphatic carbocycles. The lowest BCUT2D eigenvalue weighted by Gasteiger charge is -2.32. The zero-order valence-electron chi connectivity index (χ0n) is 23.0. The minimum absolute atomic E-state index is 0. The second kappa shape index (κ2) is 12.7. The predicted octanol–water partition coefficient (Wildman–Crippen LogP) is 6.36. The second-order valence-corrected chi connectivity index (χ2v) is 10.6. The number of aliphatic imine (C=N–C) groups is 1. The third-order valence-electron chi connectivity index (χ3n) is 7.63. The molecule has 8 nitrogen and oxygen atoms in total. The van der Waals surface area contributed by atoms with Crippen molar-refractivity contribution < 1.29 is 9.53 Å². The van der Waals surface area contributed by atoms with E-state index >= 15 is 0 Å². The maximum Gasteiger partial charge on any atom is 0.253 e. The molecule has 1 amide bonds. The van der Waals surface area contributed by atoms with Gasteiger partial charge in [0.2, 0.25) is 5.95 Å². The fourth-order valence-electron chi connectivity index (χ4n) is 5.46. The van der Waals surface area contributed by atoms with E-state index in [0.29, 0.717) is 29.1 Å². The van der Waals surface area contributed by atoms with Crippen molar-refractivity contribution in [3.05, 3.63) is 100 Å². The van der Waals surface area contributed by atoms with Gasteiger partial charge >= 0.3 is 0 Å². The maximum absolute atomic E-state index is 13.1. The Bertz CT molecular complexity index is 1620. The van der Waals surface area contributed by atoms with Crippen molar-refractivity contribution in [3.63, 3.8) is 0 Å². The molecular formula is C33H35ClN6O2. The van der Waals surface area contributed by atoms with Crippen molar-refractivity contribution in [3.8, 4) is 17.0 Å². The number of likely N-dealkylation sites (tertiary alicyclic amines) is 1. The van der Waals surface area contributed by atoms with Crippen LogP contribution in [0.1, 0.15) is 47.3 Å². The highest BCUT2D eigenvalue weighted by Gasteiger charge is 2.25. The van der Waals surface area contributed by atoms with Gasteiger partial charge in [0.1, 0.15) is 5.75 Å². The molecule has 1 saturated heterocycles. The van der Waals surface area contributed by atoms with Crippen molar-refractivity contribution in [1.29, 1.82) is 0 Å². The van der Waals surface area contributed by atoms with Crippen LogP contribution in [0.5, 0.6) is 5.75 Å². The smallest absolute Gasteiger partial charge is 0.253 e. The molecule has 2 aliphatic heterocycles. The molecule has 6 rings (SSSR count). The topological polar surface area (TPSA) is 91.7 Å². The predicted molar refractivity (Wildman–Crippen MR) is 169 cm³/mol. The number of anilines is 2. The Hall–Kier alpha value is -4.27. The minimum atomic E-state index is 0.